The van der Waals surface area contributed by atoms with E-state index in [4.69, 9.17) is 28.7 Å². The molecule has 1 aliphatic heterocycles. The van der Waals surface area contributed by atoms with E-state index in [1.165, 1.54) is 25.7 Å². The van der Waals surface area contributed by atoms with Gasteiger partial charge in [-0.1, -0.05) is 74.1 Å². The summed E-state index contributed by atoms with van der Waals surface area (Å²) in [6.07, 6.45) is -1.03. The van der Waals surface area contributed by atoms with Crippen molar-refractivity contribution in [3.8, 4) is 0 Å². The van der Waals surface area contributed by atoms with Crippen LogP contribution >= 0.6 is 11.8 Å². The van der Waals surface area contributed by atoms with Crippen LogP contribution in [-0.4, -0.2) is 221 Å². The largest absolute Gasteiger partial charge is 0.391 e. The van der Waals surface area contributed by atoms with Gasteiger partial charge in [0.15, 0.2) is 0 Å². The van der Waals surface area contributed by atoms with Gasteiger partial charge in [-0.05, 0) is 158 Å². The molecule has 1 saturated heterocycles. The van der Waals surface area contributed by atoms with E-state index < -0.39 is 169 Å². The highest BCUT2D eigenvalue weighted by Crippen LogP contribution is 2.34. The molecule has 1 aliphatic rings. The van der Waals surface area contributed by atoms with Gasteiger partial charge >= 0.3 is 0 Å². The van der Waals surface area contributed by atoms with Gasteiger partial charge in [-0.2, -0.15) is 9.78 Å². The van der Waals surface area contributed by atoms with Crippen LogP contribution in [0.2, 0.25) is 0 Å². The number of nitrogens with one attached hydrogen (secondary N) is 12. The van der Waals surface area contributed by atoms with E-state index in [9.17, 15) is 72.5 Å². The summed E-state index contributed by atoms with van der Waals surface area (Å²) >= 11 is 1.28. The third kappa shape index (κ3) is 26.6. The Morgan fingerprint density at radius 2 is 1.17 bits per heavy atom. The molecular weight excluding hydrogens is 1430 g/mol. The SMILES string of the molecule is CNC(=O)c1ccccc1Sc1ccc2c(/C=C/c3ccccn3)nn(C(=O)CCC(=O)N[C@@H](CCN)C(=O)N[C@H](C(=O)N[C@@H](CCN)C(=O)N[C@H]3CCNC(=O)[C@H]([C@@H](C)O)NC(=O)[C@H](CCN)NC(=O)[C@H](CCN)NC(=O)[C@H](CC(C)C)NC(=O)[C@@H](Cc4ccccc4)NC(=O)[C@H](CCN)NC3=O)[C@@H](C)O)c2c1. The third-order valence-corrected chi connectivity index (χ3v) is 18.4. The normalized spacial score (nSPS) is 20.1. The number of hydrogen-bond donors (Lipinski definition) is 19. The second-order valence-electron chi connectivity index (χ2n) is 26.4. The highest BCUT2D eigenvalue weighted by Gasteiger charge is 2.38. The predicted octanol–water partition coefficient (Wildman–Crippen LogP) is -3.30. The monoisotopic (exact) mass is 1530 g/mol. The first-order valence-corrected chi connectivity index (χ1v) is 36.8. The van der Waals surface area contributed by atoms with Crippen molar-refractivity contribution in [1.29, 1.82) is 0 Å². The summed E-state index contributed by atoms with van der Waals surface area (Å²) in [6, 6.07) is 10.5. The fourth-order valence-corrected chi connectivity index (χ4v) is 12.6. The second kappa shape index (κ2) is 44.0. The topological polar surface area (TPSA) is 568 Å². The fourth-order valence-electron chi connectivity index (χ4n) is 11.6. The van der Waals surface area contributed by atoms with Crippen LogP contribution in [0.15, 0.2) is 107 Å². The van der Waals surface area contributed by atoms with Gasteiger partial charge in [-0.3, -0.25) is 67.3 Å². The minimum Gasteiger partial charge on any atom is -0.391 e. The van der Waals surface area contributed by atoms with E-state index in [-0.39, 0.29) is 89.5 Å². The molecule has 3 aromatic carbocycles. The molecule has 1 fully saturated rings. The number of aromatic nitrogens is 3. The molecule has 6 rings (SSSR count). The third-order valence-electron chi connectivity index (χ3n) is 17.4. The van der Waals surface area contributed by atoms with Crippen LogP contribution in [0.3, 0.4) is 0 Å². The Bertz CT molecular complexity index is 4000. The molecule has 12 amide bonds. The summed E-state index contributed by atoms with van der Waals surface area (Å²) in [7, 11) is 1.52. The number of fused-ring (bicyclic) bond motifs is 1. The quantitative estimate of drug-likeness (QED) is 0.0207. The van der Waals surface area contributed by atoms with Gasteiger partial charge in [0.1, 0.15) is 60.4 Å². The van der Waals surface area contributed by atoms with Crippen molar-refractivity contribution < 1.29 is 72.5 Å². The summed E-state index contributed by atoms with van der Waals surface area (Å²) in [4.78, 5) is 189. The van der Waals surface area contributed by atoms with Crippen molar-refractivity contribution in [2.45, 2.75) is 174 Å². The number of amides is 12. The number of aliphatic hydroxyl groups excluding tert-OH is 2. The van der Waals surface area contributed by atoms with Crippen LogP contribution in [0.25, 0.3) is 23.1 Å². The number of rotatable bonds is 31. The van der Waals surface area contributed by atoms with E-state index in [1.807, 2.05) is 6.07 Å². The van der Waals surface area contributed by atoms with Gasteiger partial charge in [0, 0.05) is 54.2 Å². The molecule has 3 heterocycles. The number of carbonyl (C=O) groups is 13. The summed E-state index contributed by atoms with van der Waals surface area (Å²) < 4.78 is 1.16. The highest BCUT2D eigenvalue weighted by atomic mass is 32.2. The summed E-state index contributed by atoms with van der Waals surface area (Å²) in [5.41, 5.74) is 32.0. The van der Waals surface area contributed by atoms with Crippen LogP contribution in [0.1, 0.15) is 118 Å². The number of benzene rings is 3. The number of carbonyl (C=O) groups excluding carboxylic acids is 13. The molecule has 0 radical (unpaired) electrons. The number of pyridine rings is 1. The zero-order valence-corrected chi connectivity index (χ0v) is 62.4. The molecule has 12 atom stereocenters. The van der Waals surface area contributed by atoms with Gasteiger partial charge in [0.2, 0.25) is 70.9 Å². The average molecular weight is 1530 g/mol. The maximum Gasteiger partial charge on any atom is 0.252 e. The maximum absolute atomic E-state index is 14.7. The van der Waals surface area contributed by atoms with E-state index in [2.05, 4.69) is 73.9 Å². The van der Waals surface area contributed by atoms with Crippen LogP contribution in [-0.2, 0) is 59.2 Å². The van der Waals surface area contributed by atoms with Gasteiger partial charge in [0.05, 0.1) is 34.7 Å². The molecule has 0 unspecified atom stereocenters. The molecule has 5 aromatic rings. The zero-order chi connectivity index (χ0) is 79.9. The Balaban J connectivity index is 1.23. The molecule has 590 valence electrons. The second-order valence-corrected chi connectivity index (χ2v) is 27.5. The zero-order valence-electron chi connectivity index (χ0n) is 61.5. The van der Waals surface area contributed by atoms with E-state index in [0.717, 1.165) is 11.6 Å². The summed E-state index contributed by atoms with van der Waals surface area (Å²) in [5.74, 6) is -11.8. The fraction of sp³-hybridized carbons (Fsp3) is 0.466. The van der Waals surface area contributed by atoms with Gasteiger partial charge < -0.3 is 103 Å². The maximum atomic E-state index is 14.7. The Hall–Kier alpha value is -10.6. The number of hydrogen-bond acceptors (Lipinski definition) is 23. The lowest BCUT2D eigenvalue weighted by atomic mass is 10.00. The molecule has 24 N–H and O–H groups in total. The molecule has 0 bridgehead atoms. The van der Waals surface area contributed by atoms with E-state index in [1.54, 1.807) is 117 Å². The van der Waals surface area contributed by atoms with Crippen molar-refractivity contribution in [1.82, 2.24) is 78.6 Å². The molecule has 36 heteroatoms. The van der Waals surface area contributed by atoms with E-state index >= 15 is 0 Å². The van der Waals surface area contributed by atoms with Crippen molar-refractivity contribution in [2.75, 3.05) is 46.3 Å². The highest BCUT2D eigenvalue weighted by molar-refractivity contribution is 7.99. The van der Waals surface area contributed by atoms with Crippen LogP contribution in [0, 0.1) is 5.92 Å². The van der Waals surface area contributed by atoms with Crippen LogP contribution in [0.5, 0.6) is 0 Å². The van der Waals surface area contributed by atoms with Gasteiger partial charge in [-0.25, -0.2) is 0 Å². The first-order chi connectivity index (χ1) is 52.1. The van der Waals surface area contributed by atoms with Crippen LogP contribution in [0.4, 0.5) is 0 Å². The van der Waals surface area contributed by atoms with Crippen LogP contribution < -0.4 is 92.5 Å². The molecule has 2 aromatic heterocycles. The minimum absolute atomic E-state index is 0.0190. The molecule has 35 nitrogen and oxygen atoms in total. The van der Waals surface area contributed by atoms with Gasteiger partial charge in [-0.15, -0.1) is 0 Å². The molecule has 0 aliphatic carbocycles. The van der Waals surface area contributed by atoms with Crippen molar-refractivity contribution in [3.63, 3.8) is 0 Å². The number of nitrogens with zero attached hydrogens (tertiary/aromatic N) is 3. The minimum atomic E-state index is -1.85. The Morgan fingerprint density at radius 1 is 0.606 bits per heavy atom. The first-order valence-electron chi connectivity index (χ1n) is 36.0. The Labute approximate surface area is 634 Å². The lowest BCUT2D eigenvalue weighted by Gasteiger charge is -2.29. The van der Waals surface area contributed by atoms with Crippen molar-refractivity contribution >= 4 is 112 Å². The Kier molecular flexibility index (Phi) is 35.3. The van der Waals surface area contributed by atoms with Crippen molar-refractivity contribution in [2.24, 2.45) is 34.6 Å². The summed E-state index contributed by atoms with van der Waals surface area (Å²) in [5, 5.41) is 57.7. The predicted molar refractivity (Wildman–Crippen MR) is 405 cm³/mol. The number of nitrogens with two attached hydrogens (primary N) is 5. The van der Waals surface area contributed by atoms with Gasteiger partial charge in [0.25, 0.3) is 5.91 Å². The smallest absolute Gasteiger partial charge is 0.252 e. The molecular formula is C73H102N20O15S. The van der Waals surface area contributed by atoms with E-state index in [0.29, 0.717) is 43.2 Å². The first kappa shape index (κ1) is 87.3. The Morgan fingerprint density at radius 3 is 1.76 bits per heavy atom. The molecule has 0 spiro atoms. The van der Waals surface area contributed by atoms with Crippen molar-refractivity contribution in [3.05, 3.63) is 120 Å². The molecule has 109 heavy (non-hydrogen) atoms. The molecule has 0 saturated carbocycles. The summed E-state index contributed by atoms with van der Waals surface area (Å²) in [6.45, 7) is 4.35. The lowest BCUT2D eigenvalue weighted by molar-refractivity contribution is -0.137. The number of aliphatic hydroxyl groups is 2. The average Bonchev–Trinajstić information content (AvgIpc) is 1.63. The lowest BCUT2D eigenvalue weighted by Crippen LogP contribution is -2.62. The standard InChI is InChI=1S/C73H102N20O15S/c1-40(2)37-55-70(105)85-50(25-31-75)64(99)84-53(28-34-78)69(104)90-61(41(3)94)72(107)81-36-29-54(67(102)83-51(26-32-76)66(101)89-56(71(106)88-55)38-43-13-7-6-8-14-43)86-65(100)52(27-33-77)87-73(108)62(42(4)95)91-68(103)49(24-30-74)82-59(96)22-23-60(97)93-57-39-45(109-58-17-10-9-16-47(58)63(98)79-5)19-20-46(57)48(92-93)21-18-44-15-11-12-35-80-44/h6-21,35,39-42,49-56,61-62,94-95H,22-34,36-38,74-78H2,1-5H3,(H,79,98)(H,81,107)(H,82,96)(H,83,102)(H,84,99)(H,85,105)(H,86,100)(H,87,108)(H,88,106)(H,89,101)(H,90,104)(H,91,103)/b21-18+/t41-,42-,49+,50+,51+,52+,53+,54+,55+,56-,61+,62+/m1/s1.